The van der Waals surface area contributed by atoms with Gasteiger partial charge >= 0.3 is 10.2 Å². The fourth-order valence-corrected chi connectivity index (χ4v) is 3.31. The monoisotopic (exact) mass is 383 g/mol. The summed E-state index contributed by atoms with van der Waals surface area (Å²) in [4.78, 5) is 16.1. The van der Waals surface area contributed by atoms with Gasteiger partial charge in [0.1, 0.15) is 12.4 Å². The Morgan fingerprint density at radius 2 is 2.04 bits per heavy atom. The zero-order chi connectivity index (χ0) is 19.2. The number of carbonyl (C=O) groups is 1. The van der Waals surface area contributed by atoms with Crippen molar-refractivity contribution in [2.45, 2.75) is 13.0 Å². The molecular formula is C16H22FN5O3S. The minimum atomic E-state index is -4.02. The molecule has 2 aromatic rings. The number of benzene rings is 1. The molecule has 0 atom stereocenters. The first-order chi connectivity index (χ1) is 12.3. The molecule has 0 spiro atoms. The molecule has 1 amide bonds. The van der Waals surface area contributed by atoms with E-state index in [2.05, 4.69) is 10.3 Å². The number of amides is 1. The van der Waals surface area contributed by atoms with Crippen molar-refractivity contribution in [3.8, 4) is 0 Å². The quantitative estimate of drug-likeness (QED) is 0.650. The third-order valence-corrected chi connectivity index (χ3v) is 5.43. The third-order valence-electron chi connectivity index (χ3n) is 3.62. The number of hydrogen-bond acceptors (Lipinski definition) is 4. The van der Waals surface area contributed by atoms with Gasteiger partial charge in [-0.1, -0.05) is 12.1 Å². The zero-order valence-electron chi connectivity index (χ0n) is 14.7. The summed E-state index contributed by atoms with van der Waals surface area (Å²) in [5, 5.41) is 2.66. The van der Waals surface area contributed by atoms with Gasteiger partial charge in [-0.15, -0.1) is 0 Å². The molecule has 0 bridgehead atoms. The molecule has 2 rings (SSSR count). The Morgan fingerprint density at radius 1 is 1.31 bits per heavy atom. The molecule has 1 N–H and O–H groups in total. The molecule has 142 valence electrons. The van der Waals surface area contributed by atoms with Crippen LogP contribution in [0.4, 0.5) is 10.1 Å². The predicted octanol–water partition coefficient (Wildman–Crippen LogP) is 0.842. The molecule has 26 heavy (non-hydrogen) atoms. The number of nitrogens with zero attached hydrogens (tertiary/aromatic N) is 4. The number of para-hydroxylation sites is 1. The van der Waals surface area contributed by atoms with Crippen molar-refractivity contribution in [2.75, 3.05) is 31.5 Å². The van der Waals surface area contributed by atoms with Gasteiger partial charge in [-0.05, 0) is 18.6 Å². The van der Waals surface area contributed by atoms with E-state index in [1.165, 1.54) is 32.3 Å². The smallest absolute Gasteiger partial charge is 0.304 e. The number of aryl methyl sites for hydroxylation is 1. The summed E-state index contributed by atoms with van der Waals surface area (Å²) in [5.74, 6) is -1.23. The van der Waals surface area contributed by atoms with E-state index >= 15 is 0 Å². The molecule has 0 aliphatic rings. The molecule has 1 aromatic carbocycles. The molecule has 0 aliphatic heterocycles. The van der Waals surface area contributed by atoms with Gasteiger partial charge in [0.05, 0.1) is 12.0 Å². The highest BCUT2D eigenvalue weighted by Gasteiger charge is 2.29. The Labute approximate surface area is 152 Å². The number of nitrogens with one attached hydrogen (secondary N) is 1. The van der Waals surface area contributed by atoms with Crippen molar-refractivity contribution in [2.24, 2.45) is 0 Å². The van der Waals surface area contributed by atoms with E-state index in [9.17, 15) is 17.6 Å². The topological polar surface area (TPSA) is 87.5 Å². The molecule has 0 unspecified atom stereocenters. The number of anilines is 1. The molecule has 0 saturated heterocycles. The summed E-state index contributed by atoms with van der Waals surface area (Å²) in [7, 11) is -1.37. The second kappa shape index (κ2) is 8.77. The molecule has 10 heteroatoms. The van der Waals surface area contributed by atoms with E-state index in [1.807, 2.05) is 10.8 Å². The van der Waals surface area contributed by atoms with Crippen LogP contribution >= 0.6 is 0 Å². The van der Waals surface area contributed by atoms with Crippen LogP contribution < -0.4 is 9.62 Å². The lowest BCUT2D eigenvalue weighted by Gasteiger charge is -2.27. The first-order valence-electron chi connectivity index (χ1n) is 7.99. The Hall–Kier alpha value is -2.46. The first kappa shape index (κ1) is 19.9. The minimum Gasteiger partial charge on any atom is -0.354 e. The van der Waals surface area contributed by atoms with E-state index < -0.39 is 28.5 Å². The number of halogens is 1. The average molecular weight is 383 g/mol. The van der Waals surface area contributed by atoms with Gasteiger partial charge in [0.15, 0.2) is 0 Å². The molecule has 1 heterocycles. The summed E-state index contributed by atoms with van der Waals surface area (Å²) in [6, 6.07) is 5.44. The fraction of sp³-hybridized carbons (Fsp3) is 0.375. The molecule has 8 nitrogen and oxygen atoms in total. The highest BCUT2D eigenvalue weighted by atomic mass is 32.2. The van der Waals surface area contributed by atoms with Crippen LogP contribution in [-0.2, 0) is 21.5 Å². The maximum atomic E-state index is 14.1. The SMILES string of the molecule is CN(C)S(=O)(=O)N(CC(=O)NCCCn1ccnc1)c1ccccc1F. The summed E-state index contributed by atoms with van der Waals surface area (Å²) >= 11 is 0. The Kier molecular flexibility index (Phi) is 6.70. The summed E-state index contributed by atoms with van der Waals surface area (Å²) in [6.07, 6.45) is 5.80. The van der Waals surface area contributed by atoms with Gasteiger partial charge < -0.3 is 9.88 Å². The van der Waals surface area contributed by atoms with Crippen molar-refractivity contribution < 1.29 is 17.6 Å². The summed E-state index contributed by atoms with van der Waals surface area (Å²) in [6.45, 7) is 0.532. The maximum Gasteiger partial charge on any atom is 0.304 e. The summed E-state index contributed by atoms with van der Waals surface area (Å²) in [5.41, 5.74) is -0.172. The van der Waals surface area contributed by atoms with E-state index in [-0.39, 0.29) is 5.69 Å². The van der Waals surface area contributed by atoms with E-state index in [1.54, 1.807) is 12.5 Å². The van der Waals surface area contributed by atoms with Gasteiger partial charge in [0.25, 0.3) is 0 Å². The van der Waals surface area contributed by atoms with Gasteiger partial charge in [-0.25, -0.2) is 13.7 Å². The van der Waals surface area contributed by atoms with Crippen molar-refractivity contribution >= 4 is 21.8 Å². The first-order valence-corrected chi connectivity index (χ1v) is 9.39. The second-order valence-electron chi connectivity index (χ2n) is 5.75. The maximum absolute atomic E-state index is 14.1. The van der Waals surface area contributed by atoms with Crippen LogP contribution in [0.15, 0.2) is 43.0 Å². The number of rotatable bonds is 9. The van der Waals surface area contributed by atoms with Crippen LogP contribution in [0.3, 0.4) is 0 Å². The average Bonchev–Trinajstić information content (AvgIpc) is 3.10. The van der Waals surface area contributed by atoms with E-state index in [4.69, 9.17) is 0 Å². The van der Waals surface area contributed by atoms with Gasteiger partial charge in [0, 0.05) is 39.6 Å². The third kappa shape index (κ3) is 5.02. The van der Waals surface area contributed by atoms with Crippen LogP contribution in [-0.4, -0.2) is 55.4 Å². The van der Waals surface area contributed by atoms with E-state index in [0.29, 0.717) is 19.5 Å². The normalized spacial score (nSPS) is 11.5. The number of imidazole rings is 1. The molecule has 1 aromatic heterocycles. The number of hydrogen-bond donors (Lipinski definition) is 1. The molecule has 0 radical (unpaired) electrons. The second-order valence-corrected chi connectivity index (χ2v) is 7.82. The highest BCUT2D eigenvalue weighted by molar-refractivity contribution is 7.90. The number of aromatic nitrogens is 2. The Morgan fingerprint density at radius 3 is 2.65 bits per heavy atom. The molecular weight excluding hydrogens is 361 g/mol. The van der Waals surface area contributed by atoms with Crippen molar-refractivity contribution in [1.82, 2.24) is 19.2 Å². The predicted molar refractivity (Wildman–Crippen MR) is 96.2 cm³/mol. The summed E-state index contributed by atoms with van der Waals surface area (Å²) < 4.78 is 42.6. The van der Waals surface area contributed by atoms with E-state index in [0.717, 1.165) is 14.7 Å². The standard InChI is InChI=1S/C16H22FN5O3S/c1-20(2)26(24,25)22(15-7-4-3-6-14(15)17)12-16(23)19-8-5-10-21-11-9-18-13-21/h3-4,6-7,9,11,13H,5,8,10,12H2,1-2H3,(H,19,23). The van der Waals surface area contributed by atoms with Gasteiger partial charge in [-0.2, -0.15) is 12.7 Å². The molecule has 0 fully saturated rings. The highest BCUT2D eigenvalue weighted by Crippen LogP contribution is 2.22. The lowest BCUT2D eigenvalue weighted by Crippen LogP contribution is -2.46. The van der Waals surface area contributed by atoms with Crippen molar-refractivity contribution in [3.63, 3.8) is 0 Å². The Balaban J connectivity index is 2.02. The number of carbonyl (C=O) groups excluding carboxylic acids is 1. The zero-order valence-corrected chi connectivity index (χ0v) is 15.5. The minimum absolute atomic E-state index is 0.172. The molecule has 0 saturated carbocycles. The van der Waals surface area contributed by atoms with Crippen LogP contribution in [0.25, 0.3) is 0 Å². The van der Waals surface area contributed by atoms with Crippen molar-refractivity contribution in [1.29, 1.82) is 0 Å². The van der Waals surface area contributed by atoms with Crippen LogP contribution in [0, 0.1) is 5.82 Å². The lowest BCUT2D eigenvalue weighted by molar-refractivity contribution is -0.119. The molecule has 0 aliphatic carbocycles. The Bertz CT molecular complexity index is 824. The van der Waals surface area contributed by atoms with Crippen LogP contribution in [0.2, 0.25) is 0 Å². The van der Waals surface area contributed by atoms with Crippen LogP contribution in [0.5, 0.6) is 0 Å². The largest absolute Gasteiger partial charge is 0.354 e. The fourth-order valence-electron chi connectivity index (χ4n) is 2.24. The van der Waals surface area contributed by atoms with Crippen molar-refractivity contribution in [3.05, 3.63) is 48.8 Å². The lowest BCUT2D eigenvalue weighted by atomic mass is 10.3. The van der Waals surface area contributed by atoms with Crippen LogP contribution in [0.1, 0.15) is 6.42 Å². The van der Waals surface area contributed by atoms with Gasteiger partial charge in [-0.3, -0.25) is 4.79 Å². The van der Waals surface area contributed by atoms with Gasteiger partial charge in [0.2, 0.25) is 5.91 Å².